The first-order valence-electron chi connectivity index (χ1n) is 9.11. The topological polar surface area (TPSA) is 117 Å². The number of nitro benzene ring substituents is 1. The van der Waals surface area contributed by atoms with Gasteiger partial charge in [0.15, 0.2) is 5.96 Å². The molecule has 28 heavy (non-hydrogen) atoms. The SMILES string of the molecule is CCNC(=NCCNS(=O)(=O)c1cccc([N+](=O)[O-])c1)N1CCC(C)CC1.I. The van der Waals surface area contributed by atoms with Crippen LogP contribution in [0, 0.1) is 16.0 Å². The van der Waals surface area contributed by atoms with Crippen molar-refractivity contribution < 1.29 is 13.3 Å². The first-order chi connectivity index (χ1) is 12.8. The van der Waals surface area contributed by atoms with Crippen LogP contribution in [0.1, 0.15) is 26.7 Å². The summed E-state index contributed by atoms with van der Waals surface area (Å²) in [5, 5.41) is 14.0. The van der Waals surface area contributed by atoms with Crippen LogP contribution in [0.25, 0.3) is 0 Å². The number of hydrogen-bond acceptors (Lipinski definition) is 5. The molecule has 1 aliphatic rings. The minimum Gasteiger partial charge on any atom is -0.357 e. The number of non-ortho nitro benzene ring substituents is 1. The van der Waals surface area contributed by atoms with Crippen molar-refractivity contribution in [1.82, 2.24) is 14.9 Å². The number of guanidine groups is 1. The third-order valence-corrected chi connectivity index (χ3v) is 5.88. The maximum atomic E-state index is 12.3. The largest absolute Gasteiger partial charge is 0.357 e. The number of benzene rings is 1. The fourth-order valence-corrected chi connectivity index (χ4v) is 3.90. The molecule has 0 aliphatic carbocycles. The molecule has 2 rings (SSSR count). The maximum Gasteiger partial charge on any atom is 0.270 e. The zero-order chi connectivity index (χ0) is 19.9. The third kappa shape index (κ3) is 7.17. The van der Waals surface area contributed by atoms with Crippen LogP contribution in [0.2, 0.25) is 0 Å². The van der Waals surface area contributed by atoms with Crippen LogP contribution in [0.4, 0.5) is 5.69 Å². The van der Waals surface area contributed by atoms with Gasteiger partial charge in [0.05, 0.1) is 16.4 Å². The fraction of sp³-hybridized carbons (Fsp3) is 0.588. The highest BCUT2D eigenvalue weighted by Gasteiger charge is 2.19. The molecule has 2 N–H and O–H groups in total. The molecule has 0 unspecified atom stereocenters. The van der Waals surface area contributed by atoms with E-state index in [1.165, 1.54) is 18.2 Å². The number of sulfonamides is 1. The maximum absolute atomic E-state index is 12.3. The molecule has 0 bridgehead atoms. The Balaban J connectivity index is 0.00000392. The number of aliphatic imine (C=N–C) groups is 1. The highest BCUT2D eigenvalue weighted by Crippen LogP contribution is 2.17. The van der Waals surface area contributed by atoms with Gasteiger partial charge in [-0.2, -0.15) is 0 Å². The quantitative estimate of drug-likeness (QED) is 0.141. The molecule has 0 spiro atoms. The summed E-state index contributed by atoms with van der Waals surface area (Å²) in [5.41, 5.74) is -0.260. The molecule has 1 aromatic rings. The van der Waals surface area contributed by atoms with Crippen molar-refractivity contribution in [3.63, 3.8) is 0 Å². The molecule has 11 heteroatoms. The predicted molar refractivity (Wildman–Crippen MR) is 120 cm³/mol. The number of nitro groups is 1. The molecular formula is C17H28IN5O4S. The molecular weight excluding hydrogens is 497 g/mol. The van der Waals surface area contributed by atoms with Gasteiger partial charge in [-0.05, 0) is 31.7 Å². The highest BCUT2D eigenvalue weighted by atomic mass is 127. The van der Waals surface area contributed by atoms with E-state index in [9.17, 15) is 18.5 Å². The van der Waals surface area contributed by atoms with Gasteiger partial charge in [0.1, 0.15) is 0 Å². The second kappa shape index (κ2) is 11.5. The second-order valence-electron chi connectivity index (χ2n) is 6.56. The van der Waals surface area contributed by atoms with Crippen LogP contribution in [0.3, 0.4) is 0 Å². The lowest BCUT2D eigenvalue weighted by Crippen LogP contribution is -2.45. The average Bonchev–Trinajstić information content (AvgIpc) is 2.65. The van der Waals surface area contributed by atoms with Crippen LogP contribution >= 0.6 is 24.0 Å². The summed E-state index contributed by atoms with van der Waals surface area (Å²) in [5.74, 6) is 1.50. The molecule has 1 aliphatic heterocycles. The minimum absolute atomic E-state index is 0. The van der Waals surface area contributed by atoms with Gasteiger partial charge < -0.3 is 10.2 Å². The Labute approximate surface area is 183 Å². The molecule has 0 radical (unpaired) electrons. The minimum atomic E-state index is -3.82. The molecule has 1 saturated heterocycles. The number of nitrogens with one attached hydrogen (secondary N) is 2. The highest BCUT2D eigenvalue weighted by molar-refractivity contribution is 14.0. The number of hydrogen-bond donors (Lipinski definition) is 2. The summed E-state index contributed by atoms with van der Waals surface area (Å²) >= 11 is 0. The van der Waals surface area contributed by atoms with Gasteiger partial charge in [-0.3, -0.25) is 15.1 Å². The van der Waals surface area contributed by atoms with Crippen LogP contribution in [-0.4, -0.2) is 56.9 Å². The summed E-state index contributed by atoms with van der Waals surface area (Å²) in [6, 6.07) is 4.99. The van der Waals surface area contributed by atoms with Crippen LogP contribution in [0.5, 0.6) is 0 Å². The van der Waals surface area contributed by atoms with E-state index in [1.54, 1.807) is 0 Å². The van der Waals surface area contributed by atoms with Gasteiger partial charge in [0, 0.05) is 38.3 Å². The first kappa shape index (κ1) is 24.6. The van der Waals surface area contributed by atoms with Crippen molar-refractivity contribution in [1.29, 1.82) is 0 Å². The molecule has 0 aromatic heterocycles. The third-order valence-electron chi connectivity index (χ3n) is 4.42. The fourth-order valence-electron chi connectivity index (χ4n) is 2.84. The van der Waals surface area contributed by atoms with Gasteiger partial charge >= 0.3 is 0 Å². The predicted octanol–water partition coefficient (Wildman–Crippen LogP) is 2.19. The first-order valence-corrected chi connectivity index (χ1v) is 10.6. The zero-order valence-corrected chi connectivity index (χ0v) is 19.3. The Morgan fingerprint density at radius 2 is 2.04 bits per heavy atom. The second-order valence-corrected chi connectivity index (χ2v) is 8.32. The lowest BCUT2D eigenvalue weighted by atomic mass is 10.00. The zero-order valence-electron chi connectivity index (χ0n) is 16.1. The number of likely N-dealkylation sites (tertiary alicyclic amines) is 1. The van der Waals surface area contributed by atoms with E-state index in [1.807, 2.05) is 6.92 Å². The van der Waals surface area contributed by atoms with Crippen molar-refractivity contribution >= 4 is 45.6 Å². The Morgan fingerprint density at radius 1 is 1.36 bits per heavy atom. The monoisotopic (exact) mass is 525 g/mol. The lowest BCUT2D eigenvalue weighted by Gasteiger charge is -2.33. The van der Waals surface area contributed by atoms with Gasteiger partial charge in [-0.1, -0.05) is 13.0 Å². The van der Waals surface area contributed by atoms with E-state index >= 15 is 0 Å². The number of piperidine rings is 1. The Morgan fingerprint density at radius 3 is 2.64 bits per heavy atom. The van der Waals surface area contributed by atoms with Crippen molar-refractivity contribution in [3.05, 3.63) is 34.4 Å². The van der Waals surface area contributed by atoms with E-state index in [-0.39, 0.29) is 47.6 Å². The summed E-state index contributed by atoms with van der Waals surface area (Å²) in [6.07, 6.45) is 2.23. The van der Waals surface area contributed by atoms with E-state index in [0.29, 0.717) is 5.92 Å². The van der Waals surface area contributed by atoms with E-state index < -0.39 is 14.9 Å². The number of halogens is 1. The summed E-state index contributed by atoms with van der Waals surface area (Å²) in [6.45, 7) is 7.24. The van der Waals surface area contributed by atoms with Crippen LogP contribution in [-0.2, 0) is 10.0 Å². The van der Waals surface area contributed by atoms with Crippen molar-refractivity contribution in [2.45, 2.75) is 31.6 Å². The van der Waals surface area contributed by atoms with Gasteiger partial charge in [-0.15, -0.1) is 24.0 Å². The number of rotatable bonds is 7. The normalized spacial score (nSPS) is 15.8. The van der Waals surface area contributed by atoms with Crippen LogP contribution in [0.15, 0.2) is 34.2 Å². The van der Waals surface area contributed by atoms with Crippen LogP contribution < -0.4 is 10.0 Å². The Hall–Kier alpha value is -1.47. The standard InChI is InChI=1S/C17H27N5O4S.HI/c1-3-18-17(21-11-7-14(2)8-12-21)19-9-10-20-27(25,26)16-6-4-5-15(13-16)22(23)24;/h4-6,13-14,20H,3,7-12H2,1-2H3,(H,18,19);1H. The smallest absolute Gasteiger partial charge is 0.270 e. The molecule has 0 amide bonds. The van der Waals surface area contributed by atoms with E-state index in [4.69, 9.17) is 0 Å². The summed E-state index contributed by atoms with van der Waals surface area (Å²) in [7, 11) is -3.82. The number of nitrogens with zero attached hydrogens (tertiary/aromatic N) is 3. The molecule has 1 aromatic carbocycles. The van der Waals surface area contributed by atoms with Crippen molar-refractivity contribution in [3.8, 4) is 0 Å². The molecule has 1 heterocycles. The average molecular weight is 525 g/mol. The summed E-state index contributed by atoms with van der Waals surface area (Å²) < 4.78 is 27.1. The molecule has 0 saturated carbocycles. The molecule has 9 nitrogen and oxygen atoms in total. The molecule has 0 atom stereocenters. The summed E-state index contributed by atoms with van der Waals surface area (Å²) in [4.78, 5) is 16.8. The van der Waals surface area contributed by atoms with Gasteiger partial charge in [-0.25, -0.2) is 13.1 Å². The molecule has 1 fully saturated rings. The van der Waals surface area contributed by atoms with Gasteiger partial charge in [0.25, 0.3) is 5.69 Å². The van der Waals surface area contributed by atoms with E-state index in [0.717, 1.165) is 44.5 Å². The molecule has 158 valence electrons. The Bertz CT molecular complexity index is 780. The lowest BCUT2D eigenvalue weighted by molar-refractivity contribution is -0.385. The van der Waals surface area contributed by atoms with Crippen molar-refractivity contribution in [2.24, 2.45) is 10.9 Å². The van der Waals surface area contributed by atoms with E-state index in [2.05, 4.69) is 26.9 Å². The Kier molecular flexibility index (Phi) is 10.1. The van der Waals surface area contributed by atoms with Gasteiger partial charge in [0.2, 0.25) is 10.0 Å². The van der Waals surface area contributed by atoms with Crippen molar-refractivity contribution in [2.75, 3.05) is 32.7 Å².